The molecule has 1 saturated carbocycles. The number of nitrogens with two attached hydrogens (primary N) is 3. The number of anilines is 1. The third-order valence-electron chi connectivity index (χ3n) is 6.30. The molecule has 1 saturated heterocycles. The number of nitrogens with zero attached hydrogens (tertiary/aromatic N) is 5. The van der Waals surface area contributed by atoms with Gasteiger partial charge in [0.1, 0.15) is 36.2 Å². The predicted molar refractivity (Wildman–Crippen MR) is 113 cm³/mol. The zero-order valence-corrected chi connectivity index (χ0v) is 17.6. The molecule has 0 spiro atoms. The van der Waals surface area contributed by atoms with E-state index in [9.17, 15) is 15.0 Å². The number of rotatable bonds is 9. The number of carbonyl (C=O) groups is 1. The zero-order valence-electron chi connectivity index (χ0n) is 17.6. The molecule has 2 fully saturated rings. The third-order valence-corrected chi connectivity index (χ3v) is 6.30. The quantitative estimate of drug-likeness (QED) is 0.242. The molecule has 0 amide bonds. The second-order valence-corrected chi connectivity index (χ2v) is 8.72. The van der Waals surface area contributed by atoms with Crippen LogP contribution >= 0.6 is 0 Å². The number of aromatic nitrogens is 4. The number of nitrogen functional groups attached to an aromatic ring is 1. The molecule has 2 aromatic rings. The van der Waals surface area contributed by atoms with Gasteiger partial charge in [-0.2, -0.15) is 0 Å². The minimum absolute atomic E-state index is 0.187. The summed E-state index contributed by atoms with van der Waals surface area (Å²) in [6, 6.07) is -0.789. The van der Waals surface area contributed by atoms with E-state index in [0.717, 1.165) is 12.8 Å². The minimum atomic E-state index is -1.21. The highest BCUT2D eigenvalue weighted by atomic mass is 16.6. The summed E-state index contributed by atoms with van der Waals surface area (Å²) in [4.78, 5) is 25.4. The zero-order chi connectivity index (χ0) is 23.0. The lowest BCUT2D eigenvalue weighted by Gasteiger charge is -2.37. The maximum Gasteiger partial charge on any atom is 0.320 e. The minimum Gasteiger partial charge on any atom is -0.480 e. The van der Waals surface area contributed by atoms with E-state index in [1.54, 1.807) is 0 Å². The molecule has 32 heavy (non-hydrogen) atoms. The topological polar surface area (TPSA) is 212 Å². The molecule has 2 aliphatic rings. The highest BCUT2D eigenvalue weighted by molar-refractivity contribution is 5.81. The fraction of sp³-hybridized carbons (Fsp3) is 0.684. The van der Waals surface area contributed by atoms with Gasteiger partial charge in [-0.25, -0.2) is 15.0 Å². The van der Waals surface area contributed by atoms with Crippen LogP contribution in [0.5, 0.6) is 0 Å². The average Bonchev–Trinajstić information content (AvgIpc) is 3.27. The van der Waals surface area contributed by atoms with Crippen molar-refractivity contribution in [3.8, 4) is 0 Å². The van der Waals surface area contributed by atoms with Crippen LogP contribution in [0.4, 0.5) is 5.82 Å². The number of carboxylic acids is 1. The number of hydrogen-bond donors (Lipinski definition) is 6. The largest absolute Gasteiger partial charge is 0.480 e. The molecule has 1 aliphatic heterocycles. The average molecular weight is 451 g/mol. The van der Waals surface area contributed by atoms with Gasteiger partial charge < -0.3 is 42.2 Å². The predicted octanol–water partition coefficient (Wildman–Crippen LogP) is -2.13. The summed E-state index contributed by atoms with van der Waals surface area (Å²) in [6.45, 7) is 1.41. The van der Waals surface area contributed by atoms with Gasteiger partial charge in [0, 0.05) is 25.7 Å². The smallest absolute Gasteiger partial charge is 0.320 e. The number of aliphatic hydroxyl groups is 2. The Labute approximate surface area is 184 Å². The Morgan fingerprint density at radius 2 is 2.00 bits per heavy atom. The lowest BCUT2D eigenvalue weighted by Crippen LogP contribution is -2.47. The first kappa shape index (κ1) is 22.8. The van der Waals surface area contributed by atoms with Crippen LogP contribution < -0.4 is 17.2 Å². The first-order chi connectivity index (χ1) is 15.2. The van der Waals surface area contributed by atoms with Gasteiger partial charge in [0.15, 0.2) is 17.7 Å². The van der Waals surface area contributed by atoms with Crippen LogP contribution in [0, 0.1) is 5.92 Å². The van der Waals surface area contributed by atoms with E-state index in [1.807, 2.05) is 4.90 Å². The number of fused-ring (bicyclic) bond motifs is 1. The molecule has 2 aromatic heterocycles. The number of carboxylic acid groups (broad SMARTS) is 1. The van der Waals surface area contributed by atoms with Crippen LogP contribution in [0.3, 0.4) is 0 Å². The number of hydrogen-bond acceptors (Lipinski definition) is 11. The Kier molecular flexibility index (Phi) is 6.55. The maximum absolute atomic E-state index is 11.1. The second kappa shape index (κ2) is 9.21. The van der Waals surface area contributed by atoms with Crippen molar-refractivity contribution in [1.82, 2.24) is 24.4 Å². The Bertz CT molecular complexity index is 951. The third kappa shape index (κ3) is 4.53. The molecular weight excluding hydrogens is 420 g/mol. The van der Waals surface area contributed by atoms with Gasteiger partial charge in [-0.15, -0.1) is 0 Å². The molecule has 176 valence electrons. The molecular formula is C19H30N8O5. The highest BCUT2D eigenvalue weighted by Crippen LogP contribution is 2.33. The molecule has 3 heterocycles. The first-order valence-electron chi connectivity index (χ1n) is 10.7. The van der Waals surface area contributed by atoms with Crippen LogP contribution in [-0.2, 0) is 9.53 Å². The van der Waals surface area contributed by atoms with Gasteiger partial charge in [-0.05, 0) is 25.2 Å². The lowest BCUT2D eigenvalue weighted by molar-refractivity contribution is -0.138. The van der Waals surface area contributed by atoms with Crippen LogP contribution in [0.2, 0.25) is 0 Å². The summed E-state index contributed by atoms with van der Waals surface area (Å²) in [5.41, 5.74) is 18.2. The van der Waals surface area contributed by atoms with Gasteiger partial charge >= 0.3 is 5.97 Å². The standard InChI is InChI=1S/C19H30N8O5/c20-10-3-9(4-10)5-26(2-1-11(21)19(30)31)6-12-14(28)15(29)18(32-12)27-8-25-13-16(22)23-7-24-17(13)27/h7-12,14-15,18,28-29H,1-6,20-21H2,(H,30,31)(H2,22,23,24)/t9?,10?,11?,12-,14-,15-,18-/m1/s1. The summed E-state index contributed by atoms with van der Waals surface area (Å²) in [5.74, 6) is -0.461. The normalized spacial score (nSPS) is 31.2. The Morgan fingerprint density at radius 3 is 2.69 bits per heavy atom. The molecule has 13 nitrogen and oxygen atoms in total. The fourth-order valence-electron chi connectivity index (χ4n) is 4.42. The summed E-state index contributed by atoms with van der Waals surface area (Å²) in [5, 5.41) is 30.4. The van der Waals surface area contributed by atoms with E-state index in [4.69, 9.17) is 27.0 Å². The van der Waals surface area contributed by atoms with Crippen LogP contribution in [0.1, 0.15) is 25.5 Å². The van der Waals surface area contributed by atoms with E-state index >= 15 is 0 Å². The molecule has 0 bridgehead atoms. The molecule has 1 aliphatic carbocycles. The number of aliphatic carboxylic acids is 1. The van der Waals surface area contributed by atoms with Crippen molar-refractivity contribution in [2.24, 2.45) is 17.4 Å². The number of imidazole rings is 1. The molecule has 4 rings (SSSR count). The van der Waals surface area contributed by atoms with Gasteiger partial charge in [-0.1, -0.05) is 0 Å². The Hall–Kier alpha value is -2.42. The van der Waals surface area contributed by atoms with Crippen LogP contribution in [0.15, 0.2) is 12.7 Å². The van der Waals surface area contributed by atoms with Crippen molar-refractivity contribution in [3.05, 3.63) is 12.7 Å². The van der Waals surface area contributed by atoms with Crippen LogP contribution in [0.25, 0.3) is 11.2 Å². The monoisotopic (exact) mass is 450 g/mol. The number of aliphatic hydroxyl groups excluding tert-OH is 2. The SMILES string of the molecule is Nc1ncnc2c1ncn2[C@@H]1O[C@H](CN(CCC(N)C(=O)O)CC2CC(N)C2)[C@@H](O)[C@H]1O. The van der Waals surface area contributed by atoms with E-state index < -0.39 is 36.6 Å². The van der Waals surface area contributed by atoms with Crippen molar-refractivity contribution >= 4 is 23.0 Å². The van der Waals surface area contributed by atoms with Gasteiger partial charge in [0.25, 0.3) is 0 Å². The van der Waals surface area contributed by atoms with Gasteiger partial charge in [0.2, 0.25) is 0 Å². The molecule has 5 atom stereocenters. The summed E-state index contributed by atoms with van der Waals surface area (Å²) in [7, 11) is 0. The summed E-state index contributed by atoms with van der Waals surface area (Å²) in [6.07, 6.45) is 0.790. The lowest BCUT2D eigenvalue weighted by atomic mass is 9.80. The Morgan fingerprint density at radius 1 is 1.25 bits per heavy atom. The van der Waals surface area contributed by atoms with Crippen molar-refractivity contribution in [3.63, 3.8) is 0 Å². The second-order valence-electron chi connectivity index (χ2n) is 8.72. The molecule has 1 unspecified atom stereocenters. The summed E-state index contributed by atoms with van der Waals surface area (Å²) >= 11 is 0. The molecule has 13 heteroatoms. The Balaban J connectivity index is 1.46. The highest BCUT2D eigenvalue weighted by Gasteiger charge is 2.45. The fourth-order valence-corrected chi connectivity index (χ4v) is 4.42. The molecule has 0 aromatic carbocycles. The van der Waals surface area contributed by atoms with Gasteiger partial charge in [-0.3, -0.25) is 9.36 Å². The first-order valence-corrected chi connectivity index (χ1v) is 10.7. The van der Waals surface area contributed by atoms with E-state index in [-0.39, 0.29) is 18.3 Å². The van der Waals surface area contributed by atoms with Crippen molar-refractivity contribution in [2.75, 3.05) is 25.4 Å². The maximum atomic E-state index is 11.1. The van der Waals surface area contributed by atoms with Crippen molar-refractivity contribution in [2.45, 2.75) is 55.9 Å². The number of ether oxygens (including phenoxy) is 1. The van der Waals surface area contributed by atoms with E-state index in [2.05, 4.69) is 15.0 Å². The van der Waals surface area contributed by atoms with E-state index in [0.29, 0.717) is 36.7 Å². The molecule has 0 radical (unpaired) electrons. The van der Waals surface area contributed by atoms with Crippen LogP contribution in [-0.4, -0.2) is 95.7 Å². The van der Waals surface area contributed by atoms with Crippen molar-refractivity contribution in [1.29, 1.82) is 0 Å². The molecule has 9 N–H and O–H groups in total. The summed E-state index contributed by atoms with van der Waals surface area (Å²) < 4.78 is 7.55. The van der Waals surface area contributed by atoms with E-state index in [1.165, 1.54) is 17.2 Å². The van der Waals surface area contributed by atoms with Gasteiger partial charge in [0.05, 0.1) is 6.33 Å². The van der Waals surface area contributed by atoms with Crippen molar-refractivity contribution < 1.29 is 24.9 Å².